The normalized spacial score (nSPS) is 9.19. The fourth-order valence-electron chi connectivity index (χ4n) is 0.772. The number of hydrogen-bond donors (Lipinski definition) is 2. The van der Waals surface area contributed by atoms with Crippen LogP contribution in [-0.4, -0.2) is 34.4 Å². The van der Waals surface area contributed by atoms with Gasteiger partial charge in [0, 0.05) is 0 Å². The number of rotatable bonds is 1. The van der Waals surface area contributed by atoms with Crippen LogP contribution in [0.2, 0.25) is 10.3 Å². The summed E-state index contributed by atoms with van der Waals surface area (Å²) < 4.78 is 4.24. The molecule has 0 aliphatic carbocycles. The summed E-state index contributed by atoms with van der Waals surface area (Å²) in [5.41, 5.74) is 0. The van der Waals surface area contributed by atoms with E-state index in [1.54, 1.807) is 0 Å². The maximum atomic E-state index is 11.1. The molecule has 1 aromatic rings. The minimum Gasteiger partial charge on any atom is -0.464 e. The van der Waals surface area contributed by atoms with Gasteiger partial charge in [-0.25, -0.2) is 9.59 Å². The molecule has 7 nitrogen and oxygen atoms in total. The van der Waals surface area contributed by atoms with Gasteiger partial charge in [0.05, 0.1) is 7.11 Å². The van der Waals surface area contributed by atoms with Crippen molar-refractivity contribution in [1.29, 1.82) is 0 Å². The van der Waals surface area contributed by atoms with Crippen molar-refractivity contribution in [2.75, 3.05) is 12.0 Å². The number of aromatic amines is 1. The molecule has 0 saturated heterocycles. The number of H-pyrrole nitrogens is 1. The van der Waals surface area contributed by atoms with Crippen molar-refractivity contribution >= 4 is 53.7 Å². The zero-order chi connectivity index (χ0) is 11.6. The highest BCUT2D eigenvalue weighted by Gasteiger charge is 2.27. The van der Waals surface area contributed by atoms with Crippen molar-refractivity contribution in [2.24, 2.45) is 0 Å². The Morgan fingerprint density at radius 2 is 2.06 bits per heavy atom. The van der Waals surface area contributed by atoms with Gasteiger partial charge in [0.25, 0.3) is 0 Å². The van der Waals surface area contributed by atoms with Gasteiger partial charge in [0.15, 0.2) is 5.15 Å². The Hall–Kier alpha value is -1.18. The predicted octanol–water partition coefficient (Wildman–Crippen LogP) is 2.39. The minimum absolute atomic E-state index is 0. The number of carbonyl (C=O) groups is 2. The van der Waals surface area contributed by atoms with E-state index in [9.17, 15) is 9.59 Å². The van der Waals surface area contributed by atoms with Crippen LogP contribution in [0, 0.1) is 0 Å². The fourth-order valence-corrected chi connectivity index (χ4v) is 1.03. The molecule has 1 rings (SSSR count). The third-order valence-electron chi connectivity index (χ3n) is 1.37. The molecule has 1 heterocycles. The van der Waals surface area contributed by atoms with Crippen molar-refractivity contribution in [3.63, 3.8) is 0 Å². The van der Waals surface area contributed by atoms with Crippen LogP contribution in [0.3, 0.4) is 0 Å². The Balaban J connectivity index is 0.00000225. The van der Waals surface area contributed by atoms with Crippen LogP contribution in [0.5, 0.6) is 0 Å². The lowest BCUT2D eigenvalue weighted by molar-refractivity contribution is 0.168. The lowest BCUT2D eigenvalue weighted by Crippen LogP contribution is -2.36. The maximum absolute atomic E-state index is 11.1. The number of ether oxygens (including phenoxy) is 1. The third-order valence-corrected chi connectivity index (χ3v) is 2.01. The van der Waals surface area contributed by atoms with E-state index in [2.05, 4.69) is 14.7 Å². The van der Waals surface area contributed by atoms with E-state index in [-0.39, 0.29) is 33.6 Å². The summed E-state index contributed by atoms with van der Waals surface area (Å²) in [5, 5.41) is 8.50. The molecule has 0 atom stereocenters. The Labute approximate surface area is 106 Å². The average Bonchev–Trinajstić information content (AvgIpc) is 2.46. The Bertz CT molecular complexity index is 388. The van der Waals surface area contributed by atoms with Crippen molar-refractivity contribution in [2.45, 2.75) is 0 Å². The Morgan fingerprint density at radius 3 is 2.38 bits per heavy atom. The topological polar surface area (TPSA) is 95.5 Å². The summed E-state index contributed by atoms with van der Waals surface area (Å²) in [6, 6.07) is 0. The van der Waals surface area contributed by atoms with E-state index in [0.717, 1.165) is 7.11 Å². The van der Waals surface area contributed by atoms with Crippen LogP contribution >= 0.6 is 35.6 Å². The Kier molecular flexibility index (Phi) is 5.36. The largest absolute Gasteiger partial charge is 0.464 e. The lowest BCUT2D eigenvalue weighted by atomic mass is 10.7. The summed E-state index contributed by atoms with van der Waals surface area (Å²) in [6.45, 7) is 0. The first-order valence-electron chi connectivity index (χ1n) is 3.49. The number of carbonyl (C=O) groups excluding carboxylic acids is 1. The molecule has 16 heavy (non-hydrogen) atoms. The van der Waals surface area contributed by atoms with Crippen molar-refractivity contribution < 1.29 is 19.4 Å². The highest BCUT2D eigenvalue weighted by Crippen LogP contribution is 2.23. The van der Waals surface area contributed by atoms with Crippen molar-refractivity contribution in [3.05, 3.63) is 10.3 Å². The monoisotopic (exact) mass is 289 g/mol. The first-order valence-corrected chi connectivity index (χ1v) is 4.25. The van der Waals surface area contributed by atoms with E-state index < -0.39 is 12.2 Å². The van der Waals surface area contributed by atoms with Gasteiger partial charge in [0.1, 0.15) is 5.15 Å². The average molecular weight is 290 g/mol. The molecule has 0 aliphatic heterocycles. The van der Waals surface area contributed by atoms with Crippen molar-refractivity contribution in [1.82, 2.24) is 9.97 Å². The quantitative estimate of drug-likeness (QED) is 0.828. The number of carboxylic acid groups (broad SMARTS) is 1. The van der Waals surface area contributed by atoms with Gasteiger partial charge in [-0.1, -0.05) is 23.2 Å². The summed E-state index contributed by atoms with van der Waals surface area (Å²) in [6.07, 6.45) is -2.69. The SMILES string of the molecule is COC(=O)N(C(=O)O)c1nc(Cl)c(Cl)[nH]1.Cl. The molecular formula is C6H6Cl3N3O4. The number of aromatic nitrogens is 2. The summed E-state index contributed by atoms with van der Waals surface area (Å²) in [5.74, 6) is -0.329. The summed E-state index contributed by atoms with van der Waals surface area (Å²) in [4.78, 5) is 27.8. The van der Waals surface area contributed by atoms with E-state index in [1.165, 1.54) is 0 Å². The zero-order valence-corrected chi connectivity index (χ0v) is 10.1. The van der Waals surface area contributed by atoms with Gasteiger partial charge < -0.3 is 14.8 Å². The van der Waals surface area contributed by atoms with E-state index >= 15 is 0 Å². The number of nitrogens with one attached hydrogen (secondary N) is 1. The fraction of sp³-hybridized carbons (Fsp3) is 0.167. The van der Waals surface area contributed by atoms with Gasteiger partial charge >= 0.3 is 12.2 Å². The molecule has 0 aliphatic rings. The number of methoxy groups -OCH3 is 1. The van der Waals surface area contributed by atoms with E-state index in [1.807, 2.05) is 0 Å². The van der Waals surface area contributed by atoms with Crippen LogP contribution in [0.15, 0.2) is 0 Å². The second-order valence-corrected chi connectivity index (χ2v) is 2.99. The summed E-state index contributed by atoms with van der Waals surface area (Å²) in [7, 11) is 1.03. The number of nitrogens with zero attached hydrogens (tertiary/aromatic N) is 2. The van der Waals surface area contributed by atoms with Gasteiger partial charge in [-0.15, -0.1) is 17.3 Å². The van der Waals surface area contributed by atoms with Crippen LogP contribution in [-0.2, 0) is 4.74 Å². The molecule has 90 valence electrons. The molecule has 0 aromatic carbocycles. The lowest BCUT2D eigenvalue weighted by Gasteiger charge is -2.11. The number of imidazole rings is 1. The second kappa shape index (κ2) is 5.78. The standard InChI is InChI=1S/C6H5Cl2N3O4.ClH/c1-15-6(14)11(5(12)13)4-9-2(7)3(8)10-4;/h1H3,(H,9,10)(H,12,13);1H. The van der Waals surface area contributed by atoms with Gasteiger partial charge in [-0.2, -0.15) is 4.98 Å². The first kappa shape index (κ1) is 14.8. The summed E-state index contributed by atoms with van der Waals surface area (Å²) >= 11 is 11.0. The highest BCUT2D eigenvalue weighted by atomic mass is 35.5. The first-order chi connectivity index (χ1) is 6.97. The minimum atomic E-state index is -1.57. The van der Waals surface area contributed by atoms with Crippen LogP contribution < -0.4 is 4.90 Å². The van der Waals surface area contributed by atoms with Crippen LogP contribution in [0.4, 0.5) is 15.5 Å². The molecule has 1 aromatic heterocycles. The number of imide groups is 1. The number of amides is 2. The zero-order valence-electron chi connectivity index (χ0n) is 7.73. The smallest absolute Gasteiger partial charge is 0.426 e. The van der Waals surface area contributed by atoms with Crippen LogP contribution in [0.1, 0.15) is 0 Å². The maximum Gasteiger partial charge on any atom is 0.426 e. The van der Waals surface area contributed by atoms with Crippen LogP contribution in [0.25, 0.3) is 0 Å². The predicted molar refractivity (Wildman–Crippen MR) is 58.8 cm³/mol. The number of hydrogen-bond acceptors (Lipinski definition) is 4. The molecule has 0 saturated carbocycles. The van der Waals surface area contributed by atoms with E-state index in [0.29, 0.717) is 0 Å². The Morgan fingerprint density at radius 1 is 1.50 bits per heavy atom. The van der Waals surface area contributed by atoms with E-state index in [4.69, 9.17) is 28.3 Å². The molecule has 10 heteroatoms. The molecule has 0 radical (unpaired) electrons. The van der Waals surface area contributed by atoms with Crippen molar-refractivity contribution in [3.8, 4) is 0 Å². The van der Waals surface area contributed by atoms with Gasteiger partial charge in [-0.05, 0) is 0 Å². The molecular weight excluding hydrogens is 284 g/mol. The molecule has 2 amide bonds. The van der Waals surface area contributed by atoms with Gasteiger partial charge in [-0.3, -0.25) is 0 Å². The number of halogens is 3. The second-order valence-electron chi connectivity index (χ2n) is 2.25. The molecule has 0 fully saturated rings. The molecule has 0 unspecified atom stereocenters. The number of anilines is 1. The van der Waals surface area contributed by atoms with Gasteiger partial charge in [0.2, 0.25) is 5.95 Å². The molecule has 2 N–H and O–H groups in total. The molecule has 0 bridgehead atoms. The highest BCUT2D eigenvalue weighted by molar-refractivity contribution is 6.40. The molecule has 0 spiro atoms. The third kappa shape index (κ3) is 2.91.